The van der Waals surface area contributed by atoms with Crippen LogP contribution in [0.15, 0.2) is 12.2 Å². The second kappa shape index (κ2) is 4.04. The molecule has 0 aliphatic heterocycles. The molecule has 2 saturated carbocycles. The van der Waals surface area contributed by atoms with Crippen LogP contribution in [0, 0.1) is 11.8 Å². The Hall–Kier alpha value is -1.32. The van der Waals surface area contributed by atoms with E-state index in [1.807, 2.05) is 0 Å². The molecule has 4 heteroatoms. The molecular formula is C11H15NO3. The van der Waals surface area contributed by atoms with Crippen molar-refractivity contribution in [2.24, 2.45) is 11.8 Å². The summed E-state index contributed by atoms with van der Waals surface area (Å²) in [5.74, 6) is -0.0583. The maximum absolute atomic E-state index is 11.3. The predicted molar refractivity (Wildman–Crippen MR) is 54.2 cm³/mol. The summed E-state index contributed by atoms with van der Waals surface area (Å²) in [6.45, 7) is 0. The van der Waals surface area contributed by atoms with Crippen molar-refractivity contribution in [3.8, 4) is 0 Å². The van der Waals surface area contributed by atoms with E-state index in [4.69, 9.17) is 5.11 Å². The topological polar surface area (TPSA) is 66.4 Å². The number of nitrogens with one attached hydrogen (secondary N) is 1. The van der Waals surface area contributed by atoms with Gasteiger partial charge in [0.2, 0.25) is 5.91 Å². The third-order valence-corrected chi connectivity index (χ3v) is 3.34. The van der Waals surface area contributed by atoms with Crippen molar-refractivity contribution in [3.63, 3.8) is 0 Å². The first-order valence-corrected chi connectivity index (χ1v) is 5.40. The standard InChI is InChI=1S/C11H15NO3/c13-9(5-6-10(14)15)12-11-7-3-1-2-4-8(7)11/h5-8,11H,1-4H2,(H,12,13)(H,14,15)/b6-5-. The van der Waals surface area contributed by atoms with E-state index in [0.29, 0.717) is 17.9 Å². The minimum atomic E-state index is -1.08. The normalized spacial score (nSPS) is 33.5. The summed E-state index contributed by atoms with van der Waals surface area (Å²) in [4.78, 5) is 21.5. The molecule has 0 aromatic rings. The van der Waals surface area contributed by atoms with E-state index in [1.165, 1.54) is 25.7 Å². The van der Waals surface area contributed by atoms with Gasteiger partial charge in [0.25, 0.3) is 0 Å². The summed E-state index contributed by atoms with van der Waals surface area (Å²) in [6.07, 6.45) is 6.90. The molecule has 0 aromatic heterocycles. The molecule has 2 fully saturated rings. The summed E-state index contributed by atoms with van der Waals surface area (Å²) >= 11 is 0. The average Bonchev–Trinajstić information content (AvgIpc) is 2.89. The summed E-state index contributed by atoms with van der Waals surface area (Å²) in [6, 6.07) is 0.304. The van der Waals surface area contributed by atoms with E-state index in [0.717, 1.165) is 12.2 Å². The van der Waals surface area contributed by atoms with Crippen LogP contribution in [0.1, 0.15) is 25.7 Å². The Morgan fingerprint density at radius 2 is 1.73 bits per heavy atom. The van der Waals surface area contributed by atoms with E-state index in [2.05, 4.69) is 5.32 Å². The van der Waals surface area contributed by atoms with Crippen LogP contribution in [0.4, 0.5) is 0 Å². The van der Waals surface area contributed by atoms with Gasteiger partial charge in [0, 0.05) is 18.2 Å². The zero-order chi connectivity index (χ0) is 10.8. The number of rotatable bonds is 3. The van der Waals surface area contributed by atoms with Crippen LogP contribution in [0.25, 0.3) is 0 Å². The van der Waals surface area contributed by atoms with Gasteiger partial charge < -0.3 is 10.4 Å². The van der Waals surface area contributed by atoms with Gasteiger partial charge in [-0.3, -0.25) is 4.79 Å². The molecule has 0 radical (unpaired) electrons. The zero-order valence-electron chi connectivity index (χ0n) is 8.48. The van der Waals surface area contributed by atoms with Crippen LogP contribution < -0.4 is 5.32 Å². The zero-order valence-corrected chi connectivity index (χ0v) is 8.48. The number of carboxylic acid groups (broad SMARTS) is 1. The lowest BCUT2D eigenvalue weighted by Gasteiger charge is -2.04. The minimum absolute atomic E-state index is 0.281. The van der Waals surface area contributed by atoms with E-state index in [-0.39, 0.29) is 5.91 Å². The second-order valence-corrected chi connectivity index (χ2v) is 4.32. The van der Waals surface area contributed by atoms with Gasteiger partial charge in [-0.05, 0) is 24.7 Å². The summed E-state index contributed by atoms with van der Waals surface area (Å²) in [5.41, 5.74) is 0. The fraction of sp³-hybridized carbons (Fsp3) is 0.636. The molecule has 4 nitrogen and oxygen atoms in total. The molecular weight excluding hydrogens is 194 g/mol. The second-order valence-electron chi connectivity index (χ2n) is 4.32. The first-order valence-electron chi connectivity index (χ1n) is 5.40. The molecule has 15 heavy (non-hydrogen) atoms. The van der Waals surface area contributed by atoms with Crippen molar-refractivity contribution in [2.45, 2.75) is 31.7 Å². The molecule has 0 heterocycles. The molecule has 2 N–H and O–H groups in total. The van der Waals surface area contributed by atoms with E-state index >= 15 is 0 Å². The molecule has 1 amide bonds. The highest BCUT2D eigenvalue weighted by Crippen LogP contribution is 2.49. The molecule has 2 atom stereocenters. The van der Waals surface area contributed by atoms with Crippen molar-refractivity contribution >= 4 is 11.9 Å². The van der Waals surface area contributed by atoms with Crippen LogP contribution in [-0.2, 0) is 9.59 Å². The first-order chi connectivity index (χ1) is 7.18. The van der Waals surface area contributed by atoms with Crippen LogP contribution in [0.3, 0.4) is 0 Å². The monoisotopic (exact) mass is 209 g/mol. The quantitative estimate of drug-likeness (QED) is 0.679. The minimum Gasteiger partial charge on any atom is -0.478 e. The third-order valence-electron chi connectivity index (χ3n) is 3.34. The number of hydrogen-bond acceptors (Lipinski definition) is 2. The molecule has 2 aliphatic rings. The lowest BCUT2D eigenvalue weighted by molar-refractivity contribution is -0.131. The van der Waals surface area contributed by atoms with Gasteiger partial charge in [-0.2, -0.15) is 0 Å². The molecule has 2 unspecified atom stereocenters. The number of carboxylic acids is 1. The lowest BCUT2D eigenvalue weighted by Crippen LogP contribution is -2.25. The number of carbonyl (C=O) groups is 2. The van der Waals surface area contributed by atoms with E-state index in [9.17, 15) is 9.59 Å². The molecule has 0 bridgehead atoms. The fourth-order valence-corrected chi connectivity index (χ4v) is 2.57. The third kappa shape index (κ3) is 2.37. The van der Waals surface area contributed by atoms with Gasteiger partial charge in [-0.25, -0.2) is 4.79 Å². The molecule has 2 aliphatic carbocycles. The van der Waals surface area contributed by atoms with Crippen LogP contribution in [0.2, 0.25) is 0 Å². The molecule has 82 valence electrons. The van der Waals surface area contributed by atoms with Crippen molar-refractivity contribution in [1.29, 1.82) is 0 Å². The summed E-state index contributed by atoms with van der Waals surface area (Å²) in [5, 5.41) is 11.2. The maximum atomic E-state index is 11.3. The Kier molecular flexibility index (Phi) is 2.75. The number of amides is 1. The van der Waals surface area contributed by atoms with Crippen molar-refractivity contribution in [2.75, 3.05) is 0 Å². The smallest absolute Gasteiger partial charge is 0.328 e. The fourth-order valence-electron chi connectivity index (χ4n) is 2.57. The highest BCUT2D eigenvalue weighted by molar-refractivity contribution is 5.94. The molecule has 0 aromatic carbocycles. The number of hydrogen-bond donors (Lipinski definition) is 2. The van der Waals surface area contributed by atoms with Crippen molar-refractivity contribution < 1.29 is 14.7 Å². The number of aliphatic carboxylic acids is 1. The van der Waals surface area contributed by atoms with Gasteiger partial charge in [-0.1, -0.05) is 12.8 Å². The van der Waals surface area contributed by atoms with Crippen molar-refractivity contribution in [1.82, 2.24) is 5.32 Å². The number of carbonyl (C=O) groups excluding carboxylic acids is 1. The Bertz CT molecular complexity index is 299. The largest absolute Gasteiger partial charge is 0.478 e. The Balaban J connectivity index is 1.78. The highest BCUT2D eigenvalue weighted by Gasteiger charge is 2.51. The summed E-state index contributed by atoms with van der Waals surface area (Å²) < 4.78 is 0. The van der Waals surface area contributed by atoms with E-state index in [1.54, 1.807) is 0 Å². The average molecular weight is 209 g/mol. The Morgan fingerprint density at radius 3 is 2.27 bits per heavy atom. The first kappa shape index (κ1) is 10.2. The predicted octanol–water partition coefficient (Wildman–Crippen LogP) is 0.932. The Labute approximate surface area is 88.4 Å². The van der Waals surface area contributed by atoms with Crippen molar-refractivity contribution in [3.05, 3.63) is 12.2 Å². The molecule has 0 spiro atoms. The van der Waals surface area contributed by atoms with Gasteiger partial charge in [0.15, 0.2) is 0 Å². The van der Waals surface area contributed by atoms with Gasteiger partial charge in [0.1, 0.15) is 0 Å². The van der Waals surface area contributed by atoms with Crippen LogP contribution in [0.5, 0.6) is 0 Å². The van der Waals surface area contributed by atoms with Crippen LogP contribution >= 0.6 is 0 Å². The molecule has 0 saturated heterocycles. The van der Waals surface area contributed by atoms with E-state index < -0.39 is 5.97 Å². The SMILES string of the molecule is O=C(O)/C=C\C(=O)NC1C2CCCCC21. The van der Waals surface area contributed by atoms with Gasteiger partial charge in [-0.15, -0.1) is 0 Å². The highest BCUT2D eigenvalue weighted by atomic mass is 16.4. The van der Waals surface area contributed by atoms with Crippen LogP contribution in [-0.4, -0.2) is 23.0 Å². The summed E-state index contributed by atoms with van der Waals surface area (Å²) in [7, 11) is 0. The maximum Gasteiger partial charge on any atom is 0.328 e. The van der Waals surface area contributed by atoms with Gasteiger partial charge >= 0.3 is 5.97 Å². The lowest BCUT2D eigenvalue weighted by atomic mass is 10.0. The molecule has 2 rings (SSSR count). The number of fused-ring (bicyclic) bond motifs is 1. The van der Waals surface area contributed by atoms with Gasteiger partial charge in [0.05, 0.1) is 0 Å². The Morgan fingerprint density at radius 1 is 1.13 bits per heavy atom.